The molecule has 1 atom stereocenters. The van der Waals surface area contributed by atoms with Gasteiger partial charge < -0.3 is 10.1 Å². The molecule has 174 valence electrons. The minimum Gasteiger partial charge on any atom is -0.489 e. The molecule has 33 heavy (non-hydrogen) atoms. The van der Waals surface area contributed by atoms with Crippen LogP contribution in [-0.4, -0.2) is 42.7 Å². The number of aromatic nitrogens is 1. The van der Waals surface area contributed by atoms with Crippen molar-refractivity contribution in [3.63, 3.8) is 0 Å². The Kier molecular flexibility index (Phi) is 8.70. The van der Waals surface area contributed by atoms with Crippen LogP contribution in [0.5, 0.6) is 5.75 Å². The summed E-state index contributed by atoms with van der Waals surface area (Å²) in [6.45, 7) is 4.40. The summed E-state index contributed by atoms with van der Waals surface area (Å²) in [5.74, 6) is 0.740. The van der Waals surface area contributed by atoms with Crippen LogP contribution in [0.15, 0.2) is 72.9 Å². The van der Waals surface area contributed by atoms with Gasteiger partial charge in [0.1, 0.15) is 6.61 Å². The van der Waals surface area contributed by atoms with Gasteiger partial charge in [0.05, 0.1) is 11.7 Å². The topological polar surface area (TPSA) is 37.4 Å². The van der Waals surface area contributed by atoms with E-state index in [9.17, 15) is 4.39 Å². The maximum absolute atomic E-state index is 13.7. The number of pyridine rings is 1. The standard InChI is InChI=1S/C27H31ClFN3O/c28-23-10-8-22(9-11-23)27(25-6-3-4-15-30-25)31-16-12-21-13-17-32(18-14-21)19-20-33-26-7-2-1-5-24(26)29/h1-11,15,21,27,31H,12-14,16-20H2. The lowest BCUT2D eigenvalue weighted by Gasteiger charge is -2.32. The van der Waals surface area contributed by atoms with Crippen molar-refractivity contribution in [3.8, 4) is 5.75 Å². The van der Waals surface area contributed by atoms with Crippen molar-refractivity contribution in [2.24, 2.45) is 5.92 Å². The molecule has 0 spiro atoms. The normalized spacial score (nSPS) is 15.9. The Bertz CT molecular complexity index is 978. The number of ether oxygens (including phenoxy) is 1. The summed E-state index contributed by atoms with van der Waals surface area (Å²) in [6.07, 6.45) is 5.33. The first-order valence-electron chi connectivity index (χ1n) is 11.7. The Morgan fingerprint density at radius 3 is 2.52 bits per heavy atom. The number of halogens is 2. The zero-order chi connectivity index (χ0) is 22.9. The molecule has 4 nitrogen and oxygen atoms in total. The van der Waals surface area contributed by atoms with Gasteiger partial charge in [0, 0.05) is 17.8 Å². The Morgan fingerprint density at radius 2 is 1.79 bits per heavy atom. The van der Waals surface area contributed by atoms with Gasteiger partial charge in [-0.25, -0.2) is 4.39 Å². The fourth-order valence-electron chi connectivity index (χ4n) is 4.37. The molecule has 0 amide bonds. The molecule has 4 rings (SSSR count). The summed E-state index contributed by atoms with van der Waals surface area (Å²) in [4.78, 5) is 6.98. The summed E-state index contributed by atoms with van der Waals surface area (Å²) >= 11 is 6.09. The van der Waals surface area contributed by atoms with Crippen molar-refractivity contribution >= 4 is 11.6 Å². The number of para-hydroxylation sites is 1. The van der Waals surface area contributed by atoms with Crippen molar-refractivity contribution < 1.29 is 9.13 Å². The number of hydrogen-bond donors (Lipinski definition) is 1. The number of nitrogens with one attached hydrogen (secondary N) is 1. The van der Waals surface area contributed by atoms with Crippen molar-refractivity contribution in [1.29, 1.82) is 0 Å². The highest BCUT2D eigenvalue weighted by molar-refractivity contribution is 6.30. The first kappa shape index (κ1) is 23.7. The predicted octanol–water partition coefficient (Wildman–Crippen LogP) is 5.73. The second-order valence-electron chi connectivity index (χ2n) is 8.55. The monoisotopic (exact) mass is 467 g/mol. The molecule has 0 bridgehead atoms. The average molecular weight is 468 g/mol. The van der Waals surface area contributed by atoms with E-state index in [4.69, 9.17) is 16.3 Å². The van der Waals surface area contributed by atoms with E-state index in [0.717, 1.165) is 43.3 Å². The van der Waals surface area contributed by atoms with Crippen LogP contribution in [0, 0.1) is 11.7 Å². The largest absolute Gasteiger partial charge is 0.489 e. The van der Waals surface area contributed by atoms with E-state index in [1.807, 2.05) is 30.5 Å². The van der Waals surface area contributed by atoms with E-state index in [1.165, 1.54) is 24.5 Å². The summed E-state index contributed by atoms with van der Waals surface area (Å²) in [5.41, 5.74) is 2.19. The number of likely N-dealkylation sites (tertiary alicyclic amines) is 1. The van der Waals surface area contributed by atoms with Crippen LogP contribution in [0.2, 0.25) is 5.02 Å². The molecule has 3 aromatic rings. The smallest absolute Gasteiger partial charge is 0.165 e. The molecule has 0 aliphatic carbocycles. The maximum Gasteiger partial charge on any atom is 0.165 e. The van der Waals surface area contributed by atoms with Crippen molar-refractivity contribution in [2.75, 3.05) is 32.8 Å². The fourth-order valence-corrected chi connectivity index (χ4v) is 4.50. The zero-order valence-electron chi connectivity index (χ0n) is 18.8. The number of piperidine rings is 1. The van der Waals surface area contributed by atoms with Crippen LogP contribution in [0.3, 0.4) is 0 Å². The van der Waals surface area contributed by atoms with Crippen LogP contribution in [0.25, 0.3) is 0 Å². The molecule has 1 aromatic heterocycles. The van der Waals surface area contributed by atoms with Crippen molar-refractivity contribution in [1.82, 2.24) is 15.2 Å². The third kappa shape index (κ3) is 7.00. The van der Waals surface area contributed by atoms with Crippen LogP contribution >= 0.6 is 11.6 Å². The molecular weight excluding hydrogens is 437 g/mol. The molecule has 2 heterocycles. The second kappa shape index (κ2) is 12.1. The van der Waals surface area contributed by atoms with Crippen LogP contribution in [0.1, 0.15) is 36.6 Å². The van der Waals surface area contributed by atoms with Gasteiger partial charge in [-0.3, -0.25) is 9.88 Å². The molecule has 1 aliphatic heterocycles. The van der Waals surface area contributed by atoms with Gasteiger partial charge in [-0.1, -0.05) is 41.9 Å². The number of hydrogen-bond acceptors (Lipinski definition) is 4. The van der Waals surface area contributed by atoms with Crippen LogP contribution < -0.4 is 10.1 Å². The third-order valence-corrected chi connectivity index (χ3v) is 6.55. The van der Waals surface area contributed by atoms with E-state index in [-0.39, 0.29) is 11.9 Å². The lowest BCUT2D eigenvalue weighted by atomic mass is 9.93. The van der Waals surface area contributed by atoms with Gasteiger partial charge in [-0.15, -0.1) is 0 Å². The summed E-state index contributed by atoms with van der Waals surface area (Å²) in [6, 6.07) is 20.7. The summed E-state index contributed by atoms with van der Waals surface area (Å²) in [5, 5.41) is 4.45. The van der Waals surface area contributed by atoms with Gasteiger partial charge in [-0.05, 0) is 86.8 Å². The lowest BCUT2D eigenvalue weighted by molar-refractivity contribution is 0.149. The SMILES string of the molecule is Fc1ccccc1OCCN1CCC(CCNC(c2ccc(Cl)cc2)c2ccccn2)CC1. The number of rotatable bonds is 10. The molecule has 0 radical (unpaired) electrons. The van der Waals surface area contributed by atoms with Gasteiger partial charge in [-0.2, -0.15) is 0 Å². The molecule has 0 saturated carbocycles. The summed E-state index contributed by atoms with van der Waals surface area (Å²) in [7, 11) is 0. The number of benzene rings is 2. The van der Waals surface area contributed by atoms with E-state index >= 15 is 0 Å². The lowest BCUT2D eigenvalue weighted by Crippen LogP contribution is -2.37. The van der Waals surface area contributed by atoms with E-state index in [1.54, 1.807) is 18.2 Å². The van der Waals surface area contributed by atoms with Gasteiger partial charge in [0.2, 0.25) is 0 Å². The first-order valence-corrected chi connectivity index (χ1v) is 12.1. The molecular formula is C27H31ClFN3O. The molecule has 1 fully saturated rings. The molecule has 2 aromatic carbocycles. The molecule has 1 saturated heterocycles. The highest BCUT2D eigenvalue weighted by Crippen LogP contribution is 2.24. The second-order valence-corrected chi connectivity index (χ2v) is 8.98. The predicted molar refractivity (Wildman–Crippen MR) is 131 cm³/mol. The average Bonchev–Trinajstić information content (AvgIpc) is 2.85. The molecule has 1 unspecified atom stereocenters. The first-order chi connectivity index (χ1) is 16.2. The zero-order valence-corrected chi connectivity index (χ0v) is 19.6. The van der Waals surface area contributed by atoms with Gasteiger partial charge in [0.15, 0.2) is 11.6 Å². The Hall–Kier alpha value is -2.47. The van der Waals surface area contributed by atoms with Gasteiger partial charge >= 0.3 is 0 Å². The van der Waals surface area contributed by atoms with Crippen LogP contribution in [0.4, 0.5) is 4.39 Å². The van der Waals surface area contributed by atoms with Crippen LogP contribution in [-0.2, 0) is 0 Å². The van der Waals surface area contributed by atoms with E-state index < -0.39 is 0 Å². The van der Waals surface area contributed by atoms with Gasteiger partial charge in [0.25, 0.3) is 0 Å². The molecule has 1 N–H and O–H groups in total. The highest BCUT2D eigenvalue weighted by atomic mass is 35.5. The quantitative estimate of drug-likeness (QED) is 0.413. The molecule has 6 heteroatoms. The summed E-state index contributed by atoms with van der Waals surface area (Å²) < 4.78 is 19.3. The fraction of sp³-hybridized carbons (Fsp3) is 0.370. The minimum absolute atomic E-state index is 0.0547. The Labute approximate surface area is 200 Å². The van der Waals surface area contributed by atoms with E-state index in [0.29, 0.717) is 18.3 Å². The van der Waals surface area contributed by atoms with E-state index in [2.05, 4.69) is 33.4 Å². The molecule has 1 aliphatic rings. The van der Waals surface area contributed by atoms with Crippen molar-refractivity contribution in [2.45, 2.75) is 25.3 Å². The maximum atomic E-state index is 13.7. The van der Waals surface area contributed by atoms with Crippen molar-refractivity contribution in [3.05, 3.63) is 95.0 Å². The Morgan fingerprint density at radius 1 is 1.03 bits per heavy atom. The third-order valence-electron chi connectivity index (χ3n) is 6.30. The Balaban J connectivity index is 1.21. The highest BCUT2D eigenvalue weighted by Gasteiger charge is 2.20. The minimum atomic E-state index is -0.300. The number of nitrogens with zero attached hydrogens (tertiary/aromatic N) is 2.